The lowest BCUT2D eigenvalue weighted by molar-refractivity contribution is 0.170. The van der Waals surface area contributed by atoms with E-state index in [1.165, 1.54) is 0 Å². The fraction of sp³-hybridized carbons (Fsp3) is 0.278. The van der Waals surface area contributed by atoms with Crippen molar-refractivity contribution in [3.63, 3.8) is 0 Å². The van der Waals surface area contributed by atoms with Gasteiger partial charge in [0.25, 0.3) is 0 Å². The van der Waals surface area contributed by atoms with E-state index in [0.717, 1.165) is 28.7 Å². The van der Waals surface area contributed by atoms with Crippen LogP contribution < -0.4 is 9.47 Å². The van der Waals surface area contributed by atoms with Crippen molar-refractivity contribution in [3.8, 4) is 11.5 Å². The van der Waals surface area contributed by atoms with Gasteiger partial charge in [0.15, 0.2) is 0 Å². The smallest absolute Gasteiger partial charge is 0.131 e. The van der Waals surface area contributed by atoms with Crippen LogP contribution in [0.25, 0.3) is 0 Å². The van der Waals surface area contributed by atoms with Gasteiger partial charge >= 0.3 is 0 Å². The minimum absolute atomic E-state index is 0.642. The van der Waals surface area contributed by atoms with Crippen LogP contribution in [-0.4, -0.2) is 20.8 Å². The molecule has 3 nitrogen and oxygen atoms in total. The van der Waals surface area contributed by atoms with Gasteiger partial charge in [-0.25, -0.2) is 0 Å². The standard InChI is InChI=1S/C18H21O3/c1-4-21-18(14-8-6-5-7-9-14)12-15-10-11-16(19-2)13-17(15)20-3/h5-11,13H,4,12H2,1-3H3. The highest BCUT2D eigenvalue weighted by atomic mass is 16.5. The van der Waals surface area contributed by atoms with Crippen molar-refractivity contribution in [2.24, 2.45) is 0 Å². The van der Waals surface area contributed by atoms with Gasteiger partial charge in [0, 0.05) is 19.1 Å². The van der Waals surface area contributed by atoms with Crippen molar-refractivity contribution in [1.82, 2.24) is 0 Å². The summed E-state index contributed by atoms with van der Waals surface area (Å²) in [5, 5.41) is 0. The Morgan fingerprint density at radius 2 is 1.71 bits per heavy atom. The van der Waals surface area contributed by atoms with Crippen molar-refractivity contribution in [2.45, 2.75) is 13.3 Å². The Bertz CT molecular complexity index is 552. The number of rotatable bonds is 7. The first-order valence-corrected chi connectivity index (χ1v) is 7.03. The van der Waals surface area contributed by atoms with Gasteiger partial charge in [0.05, 0.1) is 14.2 Å². The average Bonchev–Trinajstić information content (AvgIpc) is 2.55. The summed E-state index contributed by atoms with van der Waals surface area (Å²) in [6, 6.07) is 16.0. The molecule has 3 heteroatoms. The highest BCUT2D eigenvalue weighted by Gasteiger charge is 2.16. The van der Waals surface area contributed by atoms with Crippen molar-refractivity contribution < 1.29 is 14.2 Å². The topological polar surface area (TPSA) is 27.7 Å². The van der Waals surface area contributed by atoms with Gasteiger partial charge < -0.3 is 14.2 Å². The molecule has 0 spiro atoms. The largest absolute Gasteiger partial charge is 0.497 e. The molecule has 0 bridgehead atoms. The van der Waals surface area contributed by atoms with Gasteiger partial charge in [0.1, 0.15) is 17.6 Å². The van der Waals surface area contributed by atoms with Gasteiger partial charge in [-0.15, -0.1) is 0 Å². The summed E-state index contributed by atoms with van der Waals surface area (Å²) >= 11 is 0. The zero-order valence-corrected chi connectivity index (χ0v) is 12.8. The van der Waals surface area contributed by atoms with Crippen LogP contribution in [0.5, 0.6) is 11.5 Å². The van der Waals surface area contributed by atoms with E-state index in [9.17, 15) is 0 Å². The molecule has 0 N–H and O–H groups in total. The third-order valence-electron chi connectivity index (χ3n) is 3.26. The van der Waals surface area contributed by atoms with E-state index in [4.69, 9.17) is 14.2 Å². The maximum atomic E-state index is 5.82. The van der Waals surface area contributed by atoms with Gasteiger partial charge in [-0.2, -0.15) is 0 Å². The molecule has 2 aromatic carbocycles. The summed E-state index contributed by atoms with van der Waals surface area (Å²) in [7, 11) is 3.32. The number of methoxy groups -OCH3 is 2. The lowest BCUT2D eigenvalue weighted by Gasteiger charge is -2.18. The van der Waals surface area contributed by atoms with Crippen LogP contribution in [-0.2, 0) is 11.2 Å². The quantitative estimate of drug-likeness (QED) is 0.773. The molecule has 0 aliphatic carbocycles. The van der Waals surface area contributed by atoms with Crippen LogP contribution >= 0.6 is 0 Å². The van der Waals surface area contributed by atoms with Gasteiger partial charge in [0.2, 0.25) is 0 Å². The Morgan fingerprint density at radius 3 is 2.33 bits per heavy atom. The molecule has 1 radical (unpaired) electrons. The summed E-state index contributed by atoms with van der Waals surface area (Å²) in [5.74, 6) is 1.59. The summed E-state index contributed by atoms with van der Waals surface area (Å²) in [6.07, 6.45) is 1.63. The zero-order chi connectivity index (χ0) is 15.1. The van der Waals surface area contributed by atoms with E-state index >= 15 is 0 Å². The zero-order valence-electron chi connectivity index (χ0n) is 12.8. The van der Waals surface area contributed by atoms with E-state index in [1.807, 2.05) is 43.3 Å². The molecule has 0 fully saturated rings. The van der Waals surface area contributed by atoms with Gasteiger partial charge in [-0.05, 0) is 24.1 Å². The molecule has 0 heterocycles. The van der Waals surface area contributed by atoms with Crippen LogP contribution in [0.2, 0.25) is 0 Å². The predicted molar refractivity (Wildman–Crippen MR) is 83.7 cm³/mol. The number of hydrogen-bond donors (Lipinski definition) is 0. The predicted octanol–water partition coefficient (Wildman–Crippen LogP) is 3.86. The molecule has 0 aromatic heterocycles. The Labute approximate surface area is 126 Å². The molecule has 2 rings (SSSR count). The fourth-order valence-corrected chi connectivity index (χ4v) is 2.21. The van der Waals surface area contributed by atoms with E-state index in [-0.39, 0.29) is 0 Å². The maximum absolute atomic E-state index is 5.82. The normalized spacial score (nSPS) is 10.7. The van der Waals surface area contributed by atoms with E-state index in [1.54, 1.807) is 14.2 Å². The van der Waals surface area contributed by atoms with Crippen molar-refractivity contribution in [1.29, 1.82) is 0 Å². The molecule has 0 amide bonds. The average molecular weight is 285 g/mol. The van der Waals surface area contributed by atoms with Gasteiger partial charge in [-0.3, -0.25) is 0 Å². The van der Waals surface area contributed by atoms with E-state index < -0.39 is 0 Å². The Kier molecular flexibility index (Phi) is 5.64. The monoisotopic (exact) mass is 285 g/mol. The molecule has 0 atom stereocenters. The van der Waals surface area contributed by atoms with Crippen LogP contribution in [0.1, 0.15) is 18.1 Å². The summed E-state index contributed by atoms with van der Waals surface area (Å²) < 4.78 is 16.5. The second-order valence-electron chi connectivity index (χ2n) is 4.58. The molecule has 0 unspecified atom stereocenters. The molecule has 0 saturated heterocycles. The van der Waals surface area contributed by atoms with E-state index in [2.05, 4.69) is 12.1 Å². The Morgan fingerprint density at radius 1 is 0.952 bits per heavy atom. The van der Waals surface area contributed by atoms with Gasteiger partial charge in [-0.1, -0.05) is 36.4 Å². The number of ether oxygens (including phenoxy) is 3. The van der Waals surface area contributed by atoms with Crippen LogP contribution in [0.4, 0.5) is 0 Å². The van der Waals surface area contributed by atoms with Crippen LogP contribution in [0.15, 0.2) is 48.5 Å². The molecule has 0 saturated carbocycles. The second kappa shape index (κ2) is 7.70. The van der Waals surface area contributed by atoms with Crippen LogP contribution in [0, 0.1) is 6.10 Å². The Balaban J connectivity index is 2.24. The lowest BCUT2D eigenvalue weighted by atomic mass is 10.0. The molecule has 0 aliphatic heterocycles. The van der Waals surface area contributed by atoms with Crippen molar-refractivity contribution >= 4 is 0 Å². The highest BCUT2D eigenvalue weighted by molar-refractivity contribution is 5.43. The first-order chi connectivity index (χ1) is 10.3. The molecule has 111 valence electrons. The Hall–Kier alpha value is -2.00. The molecular formula is C18H21O3. The molecule has 0 aliphatic rings. The fourth-order valence-electron chi connectivity index (χ4n) is 2.21. The first-order valence-electron chi connectivity index (χ1n) is 7.03. The lowest BCUT2D eigenvalue weighted by Crippen LogP contribution is -2.09. The summed E-state index contributed by atoms with van der Waals surface area (Å²) in [5.41, 5.74) is 2.17. The minimum Gasteiger partial charge on any atom is -0.497 e. The summed E-state index contributed by atoms with van der Waals surface area (Å²) in [4.78, 5) is 0. The molecular weight excluding hydrogens is 264 g/mol. The second-order valence-corrected chi connectivity index (χ2v) is 4.58. The molecule has 2 aromatic rings. The number of benzene rings is 2. The SMILES string of the molecule is CCO[C](Cc1ccc(OC)cc1OC)c1ccccc1. The maximum Gasteiger partial charge on any atom is 0.131 e. The third kappa shape index (κ3) is 3.99. The highest BCUT2D eigenvalue weighted by Crippen LogP contribution is 2.29. The summed E-state index contributed by atoms with van der Waals surface area (Å²) in [6.45, 7) is 2.64. The third-order valence-corrected chi connectivity index (χ3v) is 3.26. The first kappa shape index (κ1) is 15.4. The van der Waals surface area contributed by atoms with E-state index in [0.29, 0.717) is 13.0 Å². The van der Waals surface area contributed by atoms with Crippen molar-refractivity contribution in [2.75, 3.05) is 20.8 Å². The molecule has 21 heavy (non-hydrogen) atoms. The van der Waals surface area contributed by atoms with Crippen molar-refractivity contribution in [3.05, 3.63) is 65.8 Å². The minimum atomic E-state index is 0.642. The van der Waals surface area contributed by atoms with Crippen LogP contribution in [0.3, 0.4) is 0 Å². The number of hydrogen-bond acceptors (Lipinski definition) is 3.